The van der Waals surface area contributed by atoms with Crippen LogP contribution in [-0.4, -0.2) is 29.7 Å². The van der Waals surface area contributed by atoms with E-state index in [4.69, 9.17) is 0 Å². The molecule has 1 fully saturated rings. The van der Waals surface area contributed by atoms with Gasteiger partial charge in [0.2, 0.25) is 11.8 Å². The molecule has 0 aromatic heterocycles. The lowest BCUT2D eigenvalue weighted by Crippen LogP contribution is -2.31. The highest BCUT2D eigenvalue weighted by Crippen LogP contribution is 2.37. The number of hydrogen-bond acceptors (Lipinski definition) is 3. The lowest BCUT2D eigenvalue weighted by atomic mass is 9.85. The van der Waals surface area contributed by atoms with E-state index >= 15 is 0 Å². The fourth-order valence-corrected chi connectivity index (χ4v) is 3.98. The number of rotatable bonds is 4. The van der Waals surface area contributed by atoms with Gasteiger partial charge < -0.3 is 4.90 Å². The maximum absolute atomic E-state index is 12.9. The second-order valence-electron chi connectivity index (χ2n) is 7.36. The van der Waals surface area contributed by atoms with Gasteiger partial charge in [0.15, 0.2) is 0 Å². The van der Waals surface area contributed by atoms with Crippen molar-refractivity contribution < 1.29 is 14.4 Å². The fraction of sp³-hybridized carbons (Fsp3) is 0.261. The molecule has 0 bridgehead atoms. The van der Waals surface area contributed by atoms with Crippen molar-refractivity contribution in [1.29, 1.82) is 0 Å². The minimum atomic E-state index is -0.280. The van der Waals surface area contributed by atoms with Gasteiger partial charge in [0.25, 0.3) is 5.91 Å². The van der Waals surface area contributed by atoms with Crippen molar-refractivity contribution in [3.8, 4) is 0 Å². The van der Waals surface area contributed by atoms with Gasteiger partial charge in [0.1, 0.15) is 0 Å². The van der Waals surface area contributed by atoms with Crippen LogP contribution in [0.3, 0.4) is 0 Å². The van der Waals surface area contributed by atoms with E-state index in [1.165, 1.54) is 4.90 Å². The van der Waals surface area contributed by atoms with E-state index in [0.29, 0.717) is 30.6 Å². The van der Waals surface area contributed by atoms with Gasteiger partial charge in [0, 0.05) is 19.2 Å². The molecule has 0 unspecified atom stereocenters. The fourth-order valence-electron chi connectivity index (χ4n) is 3.98. The number of allylic oxidation sites excluding steroid dienone is 2. The third-order valence-electron chi connectivity index (χ3n) is 5.47. The number of anilines is 1. The summed E-state index contributed by atoms with van der Waals surface area (Å²) < 4.78 is 0. The lowest BCUT2D eigenvalue weighted by molar-refractivity contribution is -0.122. The van der Waals surface area contributed by atoms with Gasteiger partial charge in [-0.1, -0.05) is 48.6 Å². The van der Waals surface area contributed by atoms with Crippen molar-refractivity contribution in [2.75, 3.05) is 11.9 Å². The van der Waals surface area contributed by atoms with Crippen LogP contribution in [0.5, 0.6) is 0 Å². The van der Waals surface area contributed by atoms with E-state index < -0.39 is 0 Å². The first-order valence-electron chi connectivity index (χ1n) is 9.48. The molecular weight excluding hydrogens is 352 g/mol. The Kier molecular flexibility index (Phi) is 4.82. The largest absolute Gasteiger partial charge is 0.337 e. The Morgan fingerprint density at radius 2 is 1.61 bits per heavy atom. The SMILES string of the molecule is CN(Cc1ccccc1)C(=O)c1cccc(N2C(=O)[C@H]3CC=CC[C@H]3C2=O)c1. The molecule has 142 valence electrons. The zero-order valence-electron chi connectivity index (χ0n) is 15.7. The second-order valence-corrected chi connectivity index (χ2v) is 7.36. The zero-order chi connectivity index (χ0) is 19.7. The molecule has 1 aliphatic heterocycles. The Hall–Kier alpha value is -3.21. The Morgan fingerprint density at radius 3 is 2.25 bits per heavy atom. The van der Waals surface area contributed by atoms with Gasteiger partial charge in [0.05, 0.1) is 17.5 Å². The van der Waals surface area contributed by atoms with Crippen molar-refractivity contribution in [3.63, 3.8) is 0 Å². The second kappa shape index (κ2) is 7.43. The minimum absolute atomic E-state index is 0.149. The molecule has 2 aromatic rings. The molecule has 0 radical (unpaired) electrons. The van der Waals surface area contributed by atoms with Crippen LogP contribution in [0.2, 0.25) is 0 Å². The standard InChI is InChI=1S/C23H22N2O3/c1-24(15-16-8-3-2-4-9-16)21(26)17-10-7-11-18(14-17)25-22(27)19-12-5-6-13-20(19)23(25)28/h2-11,14,19-20H,12-13,15H2,1H3/t19-,20+. The van der Waals surface area contributed by atoms with Crippen LogP contribution in [-0.2, 0) is 16.1 Å². The van der Waals surface area contributed by atoms with Crippen LogP contribution in [0.25, 0.3) is 0 Å². The van der Waals surface area contributed by atoms with Crippen LogP contribution in [0.1, 0.15) is 28.8 Å². The van der Waals surface area contributed by atoms with Crippen LogP contribution >= 0.6 is 0 Å². The highest BCUT2D eigenvalue weighted by molar-refractivity contribution is 6.22. The summed E-state index contributed by atoms with van der Waals surface area (Å²) in [5.41, 5.74) is 1.98. The first-order valence-corrected chi connectivity index (χ1v) is 9.48. The van der Waals surface area contributed by atoms with Gasteiger partial charge in [-0.05, 0) is 36.6 Å². The monoisotopic (exact) mass is 374 g/mol. The van der Waals surface area contributed by atoms with Crippen LogP contribution in [0.4, 0.5) is 5.69 Å². The molecule has 4 rings (SSSR count). The summed E-state index contributed by atoms with van der Waals surface area (Å²) in [6, 6.07) is 16.5. The van der Waals surface area contributed by atoms with Gasteiger partial charge in [-0.2, -0.15) is 0 Å². The highest BCUT2D eigenvalue weighted by atomic mass is 16.2. The van der Waals surface area contributed by atoms with E-state index in [1.54, 1.807) is 36.2 Å². The van der Waals surface area contributed by atoms with E-state index in [0.717, 1.165) is 5.56 Å². The third kappa shape index (κ3) is 3.24. The predicted molar refractivity (Wildman–Crippen MR) is 107 cm³/mol. The molecule has 5 nitrogen and oxygen atoms in total. The number of carbonyl (C=O) groups is 3. The van der Waals surface area contributed by atoms with Gasteiger partial charge in [-0.25, -0.2) is 0 Å². The number of imide groups is 1. The summed E-state index contributed by atoms with van der Waals surface area (Å²) in [5, 5.41) is 0. The molecule has 2 aromatic carbocycles. The summed E-state index contributed by atoms with van der Waals surface area (Å²) in [6.07, 6.45) is 5.14. The minimum Gasteiger partial charge on any atom is -0.337 e. The quantitative estimate of drug-likeness (QED) is 0.609. The van der Waals surface area contributed by atoms with E-state index in [9.17, 15) is 14.4 Å². The maximum atomic E-state index is 12.9. The average molecular weight is 374 g/mol. The molecular formula is C23H22N2O3. The van der Waals surface area contributed by atoms with Crippen LogP contribution < -0.4 is 4.90 Å². The van der Waals surface area contributed by atoms with Crippen LogP contribution in [0, 0.1) is 11.8 Å². The van der Waals surface area contributed by atoms with Crippen molar-refractivity contribution >= 4 is 23.4 Å². The van der Waals surface area contributed by atoms with E-state index in [2.05, 4.69) is 0 Å². The molecule has 1 heterocycles. The van der Waals surface area contributed by atoms with Gasteiger partial charge in [-0.3, -0.25) is 19.3 Å². The van der Waals surface area contributed by atoms with Crippen molar-refractivity contribution in [1.82, 2.24) is 4.90 Å². The number of fused-ring (bicyclic) bond motifs is 1. The van der Waals surface area contributed by atoms with Crippen molar-refractivity contribution in [2.24, 2.45) is 11.8 Å². The molecule has 0 N–H and O–H groups in total. The van der Waals surface area contributed by atoms with E-state index in [1.807, 2.05) is 42.5 Å². The molecule has 28 heavy (non-hydrogen) atoms. The first-order chi connectivity index (χ1) is 13.6. The molecule has 0 saturated carbocycles. The Labute approximate surface area is 164 Å². The highest BCUT2D eigenvalue weighted by Gasteiger charge is 2.47. The number of benzene rings is 2. The zero-order valence-corrected chi connectivity index (χ0v) is 15.7. The molecule has 3 amide bonds. The van der Waals surface area contributed by atoms with Gasteiger partial charge in [-0.15, -0.1) is 0 Å². The Morgan fingerprint density at radius 1 is 0.964 bits per heavy atom. The predicted octanol–water partition coefficient (Wildman–Crippen LogP) is 3.41. The topological polar surface area (TPSA) is 57.7 Å². The molecule has 1 saturated heterocycles. The molecule has 1 aliphatic carbocycles. The molecule has 2 aliphatic rings. The number of carbonyl (C=O) groups excluding carboxylic acids is 3. The van der Waals surface area contributed by atoms with Crippen LogP contribution in [0.15, 0.2) is 66.7 Å². The molecule has 5 heteroatoms. The first kappa shape index (κ1) is 18.2. The van der Waals surface area contributed by atoms with E-state index in [-0.39, 0.29) is 29.6 Å². The number of amides is 3. The van der Waals surface area contributed by atoms with Crippen molar-refractivity contribution in [2.45, 2.75) is 19.4 Å². The molecule has 0 spiro atoms. The third-order valence-corrected chi connectivity index (χ3v) is 5.47. The Bertz CT molecular complexity index is 925. The summed E-state index contributed by atoms with van der Waals surface area (Å²) in [7, 11) is 1.74. The van der Waals surface area contributed by atoms with Gasteiger partial charge >= 0.3 is 0 Å². The van der Waals surface area contributed by atoms with Crippen molar-refractivity contribution in [3.05, 3.63) is 77.9 Å². The summed E-state index contributed by atoms with van der Waals surface area (Å²) in [4.78, 5) is 41.3. The normalized spacial score (nSPS) is 21.0. The molecule has 2 atom stereocenters. The number of nitrogens with zero attached hydrogens (tertiary/aromatic N) is 2. The number of hydrogen-bond donors (Lipinski definition) is 0. The average Bonchev–Trinajstić information content (AvgIpc) is 2.99. The summed E-state index contributed by atoms with van der Waals surface area (Å²) in [6.45, 7) is 0.487. The maximum Gasteiger partial charge on any atom is 0.253 e. The smallest absolute Gasteiger partial charge is 0.253 e. The summed E-state index contributed by atoms with van der Waals surface area (Å²) in [5.74, 6) is -1.04. The Balaban J connectivity index is 1.55. The lowest BCUT2D eigenvalue weighted by Gasteiger charge is -2.19. The summed E-state index contributed by atoms with van der Waals surface area (Å²) >= 11 is 0.